The van der Waals surface area contributed by atoms with E-state index < -0.39 is 0 Å². The highest BCUT2D eigenvalue weighted by Gasteiger charge is 2.30. The number of carbonyl (C=O) groups is 2. The zero-order valence-electron chi connectivity index (χ0n) is 22.4. The number of pyridine rings is 1. The van der Waals surface area contributed by atoms with Crippen molar-refractivity contribution in [1.29, 1.82) is 0 Å². The molecule has 0 aromatic carbocycles. The van der Waals surface area contributed by atoms with Gasteiger partial charge in [-0.1, -0.05) is 20.8 Å². The summed E-state index contributed by atoms with van der Waals surface area (Å²) in [5.74, 6) is -0.431. The van der Waals surface area contributed by atoms with E-state index in [1.807, 2.05) is 13.2 Å². The fourth-order valence-corrected chi connectivity index (χ4v) is 4.78. The number of nitrogens with one attached hydrogen (secondary N) is 2. The molecule has 4 aromatic heterocycles. The highest BCUT2D eigenvalue weighted by Crippen LogP contribution is 2.25. The molecule has 38 heavy (non-hydrogen) atoms. The molecule has 11 heteroatoms. The van der Waals surface area contributed by atoms with Gasteiger partial charge in [-0.05, 0) is 31.4 Å². The monoisotopic (exact) mass is 515 g/mol. The first-order valence-electron chi connectivity index (χ1n) is 12.7. The van der Waals surface area contributed by atoms with Gasteiger partial charge >= 0.3 is 0 Å². The number of carbonyl (C=O) groups excluding carboxylic acids is 2. The first kappa shape index (κ1) is 25.5. The molecule has 1 aliphatic rings. The highest BCUT2D eigenvalue weighted by molar-refractivity contribution is 6.09. The Balaban J connectivity index is 1.27. The SMILES string of the molecule is Cc1ncc(NC(=O)[C@H]2CCN(CC(C)(C)C)C2)cc1NC(=O)c1cnn2cc(-c3cnn(C)c3)ncc12. The van der Waals surface area contributed by atoms with Gasteiger partial charge in [0.1, 0.15) is 0 Å². The van der Waals surface area contributed by atoms with Crippen LogP contribution in [0.2, 0.25) is 0 Å². The number of likely N-dealkylation sites (tertiary alicyclic amines) is 1. The molecule has 0 unspecified atom stereocenters. The third-order valence-electron chi connectivity index (χ3n) is 6.59. The fraction of sp³-hybridized carbons (Fsp3) is 0.407. The van der Waals surface area contributed by atoms with Crippen molar-refractivity contribution >= 4 is 28.7 Å². The summed E-state index contributed by atoms with van der Waals surface area (Å²) in [4.78, 5) is 37.3. The molecule has 1 aliphatic heterocycles. The van der Waals surface area contributed by atoms with Gasteiger partial charge in [-0.25, -0.2) is 4.52 Å². The molecule has 4 aromatic rings. The molecule has 1 saturated heterocycles. The number of aromatic nitrogens is 6. The van der Waals surface area contributed by atoms with Crippen molar-refractivity contribution in [1.82, 2.24) is 34.3 Å². The molecule has 11 nitrogen and oxygen atoms in total. The Labute approximate surface area is 221 Å². The van der Waals surface area contributed by atoms with E-state index in [1.54, 1.807) is 47.0 Å². The van der Waals surface area contributed by atoms with Crippen LogP contribution >= 0.6 is 0 Å². The minimum Gasteiger partial charge on any atom is -0.324 e. The van der Waals surface area contributed by atoms with Crippen LogP contribution in [0.5, 0.6) is 0 Å². The van der Waals surface area contributed by atoms with Crippen LogP contribution in [0.15, 0.2) is 43.2 Å². The molecular formula is C27H33N9O2. The molecule has 1 atom stereocenters. The smallest absolute Gasteiger partial charge is 0.259 e. The van der Waals surface area contributed by atoms with E-state index in [0.29, 0.717) is 33.8 Å². The molecular weight excluding hydrogens is 482 g/mol. The molecule has 0 aliphatic carbocycles. The van der Waals surface area contributed by atoms with Crippen LogP contribution in [0.4, 0.5) is 11.4 Å². The molecule has 0 bridgehead atoms. The van der Waals surface area contributed by atoms with Crippen molar-refractivity contribution in [3.63, 3.8) is 0 Å². The molecule has 1 fully saturated rings. The van der Waals surface area contributed by atoms with E-state index in [9.17, 15) is 9.59 Å². The van der Waals surface area contributed by atoms with Gasteiger partial charge in [-0.2, -0.15) is 10.2 Å². The van der Waals surface area contributed by atoms with Crippen molar-refractivity contribution in [2.24, 2.45) is 18.4 Å². The summed E-state index contributed by atoms with van der Waals surface area (Å²) in [6.07, 6.45) is 10.9. The van der Waals surface area contributed by atoms with E-state index in [1.165, 1.54) is 6.20 Å². The van der Waals surface area contributed by atoms with Gasteiger partial charge in [0.2, 0.25) is 5.91 Å². The summed E-state index contributed by atoms with van der Waals surface area (Å²) in [7, 11) is 1.84. The number of anilines is 2. The molecule has 0 radical (unpaired) electrons. The zero-order chi connectivity index (χ0) is 27.0. The van der Waals surface area contributed by atoms with E-state index in [-0.39, 0.29) is 23.1 Å². The number of hydrogen-bond acceptors (Lipinski definition) is 7. The van der Waals surface area contributed by atoms with E-state index in [0.717, 1.165) is 31.6 Å². The lowest BCUT2D eigenvalue weighted by Crippen LogP contribution is -2.32. The van der Waals surface area contributed by atoms with Crippen LogP contribution in [0.1, 0.15) is 43.2 Å². The summed E-state index contributed by atoms with van der Waals surface area (Å²) in [5, 5.41) is 14.4. The number of fused-ring (bicyclic) bond motifs is 1. The predicted octanol–water partition coefficient (Wildman–Crippen LogP) is 3.39. The average molecular weight is 516 g/mol. The Hall–Kier alpha value is -4.12. The van der Waals surface area contributed by atoms with Gasteiger partial charge in [0.25, 0.3) is 5.91 Å². The molecule has 0 saturated carbocycles. The molecule has 198 valence electrons. The van der Waals surface area contributed by atoms with Crippen molar-refractivity contribution in [2.45, 2.75) is 34.1 Å². The lowest BCUT2D eigenvalue weighted by atomic mass is 9.96. The summed E-state index contributed by atoms with van der Waals surface area (Å²) in [6, 6.07) is 1.74. The fourth-order valence-electron chi connectivity index (χ4n) is 4.78. The summed E-state index contributed by atoms with van der Waals surface area (Å²) in [6.45, 7) is 11.0. The van der Waals surface area contributed by atoms with Crippen LogP contribution in [0.3, 0.4) is 0 Å². The van der Waals surface area contributed by atoms with Gasteiger partial charge < -0.3 is 15.5 Å². The van der Waals surface area contributed by atoms with Gasteiger partial charge in [0.05, 0.1) is 70.7 Å². The largest absolute Gasteiger partial charge is 0.324 e. The second-order valence-electron chi connectivity index (χ2n) is 11.1. The molecule has 5 rings (SSSR count). The maximum atomic E-state index is 13.2. The summed E-state index contributed by atoms with van der Waals surface area (Å²) >= 11 is 0. The zero-order valence-corrected chi connectivity index (χ0v) is 22.4. The van der Waals surface area contributed by atoms with E-state index in [4.69, 9.17) is 0 Å². The van der Waals surface area contributed by atoms with Gasteiger partial charge in [-0.15, -0.1) is 0 Å². The number of nitrogens with zero attached hydrogens (tertiary/aromatic N) is 7. The van der Waals surface area contributed by atoms with Crippen LogP contribution in [0.25, 0.3) is 16.8 Å². The first-order valence-corrected chi connectivity index (χ1v) is 12.7. The van der Waals surface area contributed by atoms with Crippen molar-refractivity contribution in [2.75, 3.05) is 30.3 Å². The number of hydrogen-bond donors (Lipinski definition) is 2. The second kappa shape index (κ2) is 9.97. The summed E-state index contributed by atoms with van der Waals surface area (Å²) < 4.78 is 3.32. The second-order valence-corrected chi connectivity index (χ2v) is 11.1. The minimum absolute atomic E-state index is 0.0255. The molecule has 5 heterocycles. The Morgan fingerprint density at radius 2 is 1.87 bits per heavy atom. The van der Waals surface area contributed by atoms with Crippen molar-refractivity contribution in [3.8, 4) is 11.3 Å². The topological polar surface area (TPSA) is 122 Å². The number of aryl methyl sites for hydroxylation is 2. The predicted molar refractivity (Wildman–Crippen MR) is 145 cm³/mol. The van der Waals surface area contributed by atoms with Gasteiger partial charge in [-0.3, -0.25) is 24.2 Å². The Morgan fingerprint density at radius 1 is 1.05 bits per heavy atom. The van der Waals surface area contributed by atoms with Crippen molar-refractivity contribution in [3.05, 3.63) is 54.5 Å². The molecule has 2 amide bonds. The third-order valence-corrected chi connectivity index (χ3v) is 6.59. The Morgan fingerprint density at radius 3 is 2.61 bits per heavy atom. The van der Waals surface area contributed by atoms with Gasteiger partial charge in [0.15, 0.2) is 0 Å². The summed E-state index contributed by atoms with van der Waals surface area (Å²) in [5.41, 5.74) is 4.42. The number of amides is 2. The van der Waals surface area contributed by atoms with Crippen LogP contribution in [-0.4, -0.2) is 65.7 Å². The van der Waals surface area contributed by atoms with Crippen LogP contribution < -0.4 is 10.6 Å². The quantitative estimate of drug-likeness (QED) is 0.404. The van der Waals surface area contributed by atoms with Crippen molar-refractivity contribution < 1.29 is 9.59 Å². The van der Waals surface area contributed by atoms with Crippen LogP contribution in [-0.2, 0) is 11.8 Å². The van der Waals surface area contributed by atoms with Crippen LogP contribution in [0, 0.1) is 18.3 Å². The lowest BCUT2D eigenvalue weighted by Gasteiger charge is -2.26. The number of rotatable bonds is 6. The Bertz CT molecular complexity index is 1500. The normalized spacial score (nSPS) is 16.2. The standard InChI is InChI=1S/C27H33N9O2/c1-17-22(8-20(10-28-17)32-25(37)18-6-7-35(14-18)16-27(2,3)4)33-26(38)21-11-31-36-15-23(29-12-24(21)36)19-9-30-34(5)13-19/h8-13,15,18H,6-7,14,16H2,1-5H3,(H,32,37)(H,33,38)/t18-/m0/s1. The third kappa shape index (κ3) is 5.57. The highest BCUT2D eigenvalue weighted by atomic mass is 16.2. The lowest BCUT2D eigenvalue weighted by molar-refractivity contribution is -0.119. The average Bonchev–Trinajstić information content (AvgIpc) is 3.59. The maximum Gasteiger partial charge on any atom is 0.259 e. The molecule has 0 spiro atoms. The van der Waals surface area contributed by atoms with Gasteiger partial charge in [0, 0.05) is 31.9 Å². The minimum atomic E-state index is -0.335. The van der Waals surface area contributed by atoms with E-state index in [2.05, 4.69) is 56.5 Å². The maximum absolute atomic E-state index is 13.2. The molecule has 2 N–H and O–H groups in total. The van der Waals surface area contributed by atoms with E-state index >= 15 is 0 Å². The Kier molecular flexibility index (Phi) is 6.70. The first-order chi connectivity index (χ1) is 18.1.